The molecular weight excluding hydrogens is 386 g/mol. The summed E-state index contributed by atoms with van der Waals surface area (Å²) in [5.41, 5.74) is 5.94. The van der Waals surface area contributed by atoms with Gasteiger partial charge in [-0.05, 0) is 25.0 Å². The van der Waals surface area contributed by atoms with Crippen LogP contribution in [0.25, 0.3) is 0 Å². The number of carbonyl (C=O) groups is 2. The number of aromatic nitrogens is 3. The molecule has 0 radical (unpaired) electrons. The Morgan fingerprint density at radius 1 is 1.10 bits per heavy atom. The monoisotopic (exact) mass is 411 g/mol. The second kappa shape index (κ2) is 9.04. The van der Waals surface area contributed by atoms with Crippen LogP contribution in [0.1, 0.15) is 23.3 Å². The Morgan fingerprint density at radius 3 is 2.57 bits per heavy atom. The lowest BCUT2D eigenvalue weighted by atomic mass is 9.98. The Labute approximate surface area is 174 Å². The topological polar surface area (TPSA) is 127 Å². The number of hydrogen-bond donors (Lipinski definition) is 2. The Hall–Kier alpha value is -3.27. The highest BCUT2D eigenvalue weighted by Gasteiger charge is 2.29. The van der Waals surface area contributed by atoms with E-state index in [0.717, 1.165) is 12.8 Å². The lowest BCUT2D eigenvalue weighted by molar-refractivity contribution is -0.138. The van der Waals surface area contributed by atoms with Crippen molar-refractivity contribution in [3.05, 3.63) is 36.3 Å². The molecule has 0 aromatic carbocycles. The number of nitrogen functional groups attached to an aromatic ring is 1. The number of carbonyl (C=O) groups excluding carboxylic acids is 2. The van der Waals surface area contributed by atoms with E-state index >= 15 is 0 Å². The normalized spacial score (nSPS) is 17.6. The number of piperazine rings is 1. The van der Waals surface area contributed by atoms with Crippen molar-refractivity contribution < 1.29 is 14.3 Å². The van der Waals surface area contributed by atoms with Crippen molar-refractivity contribution in [2.75, 3.05) is 55.3 Å². The predicted molar refractivity (Wildman–Crippen MR) is 111 cm³/mol. The number of ether oxygens (including phenoxy) is 1. The van der Waals surface area contributed by atoms with Crippen LogP contribution in [-0.4, -0.2) is 71.1 Å². The first-order valence-electron chi connectivity index (χ1n) is 10.1. The van der Waals surface area contributed by atoms with Crippen LogP contribution in [-0.2, 0) is 9.53 Å². The molecule has 158 valence electrons. The van der Waals surface area contributed by atoms with Gasteiger partial charge in [-0.2, -0.15) is 0 Å². The molecule has 2 saturated heterocycles. The Bertz CT molecular complexity index is 895. The summed E-state index contributed by atoms with van der Waals surface area (Å²) in [5.74, 6) is 0.831. The summed E-state index contributed by atoms with van der Waals surface area (Å²) in [4.78, 5) is 41.8. The van der Waals surface area contributed by atoms with E-state index in [9.17, 15) is 9.59 Å². The number of nitrogens with one attached hydrogen (secondary N) is 1. The van der Waals surface area contributed by atoms with Gasteiger partial charge in [-0.15, -0.1) is 0 Å². The Balaban J connectivity index is 1.39. The first kappa shape index (κ1) is 20.0. The van der Waals surface area contributed by atoms with E-state index in [4.69, 9.17) is 10.5 Å². The first-order valence-corrected chi connectivity index (χ1v) is 10.1. The van der Waals surface area contributed by atoms with Gasteiger partial charge in [-0.3, -0.25) is 9.59 Å². The minimum atomic E-state index is -0.464. The number of anilines is 3. The maximum Gasteiger partial charge on any atom is 0.279 e. The number of nitrogens with zero attached hydrogens (tertiary/aromatic N) is 5. The number of amides is 2. The molecule has 10 nitrogen and oxygen atoms in total. The molecule has 2 fully saturated rings. The first-order chi connectivity index (χ1) is 14.6. The molecular formula is C20H25N7O3. The van der Waals surface area contributed by atoms with Gasteiger partial charge in [0.1, 0.15) is 11.6 Å². The minimum Gasteiger partial charge on any atom is -0.382 e. The van der Waals surface area contributed by atoms with Crippen LogP contribution in [0.5, 0.6) is 0 Å². The maximum atomic E-state index is 12.7. The van der Waals surface area contributed by atoms with Crippen molar-refractivity contribution in [1.82, 2.24) is 19.9 Å². The van der Waals surface area contributed by atoms with Crippen molar-refractivity contribution in [1.29, 1.82) is 0 Å². The summed E-state index contributed by atoms with van der Waals surface area (Å²) < 4.78 is 5.35. The van der Waals surface area contributed by atoms with E-state index in [0.29, 0.717) is 51.0 Å². The second-order valence-electron chi connectivity index (χ2n) is 7.33. The van der Waals surface area contributed by atoms with Crippen LogP contribution in [0.3, 0.4) is 0 Å². The minimum absolute atomic E-state index is 0.0545. The fourth-order valence-electron chi connectivity index (χ4n) is 3.68. The van der Waals surface area contributed by atoms with Gasteiger partial charge in [0.05, 0.1) is 6.20 Å². The van der Waals surface area contributed by atoms with Crippen molar-refractivity contribution >= 4 is 29.3 Å². The van der Waals surface area contributed by atoms with Crippen LogP contribution in [0.4, 0.5) is 17.5 Å². The zero-order chi connectivity index (χ0) is 20.9. The standard InChI is InChI=1S/C20H25N7O3/c21-18-17(19(28)24-15-3-1-2-6-22-15)25-16(13-23-18)26-7-9-27(10-8-26)20(29)14-4-11-30-12-5-14/h1-3,6,13-14H,4-5,7-12H2,(H2,21,23)(H,22,24,28). The average molecular weight is 411 g/mol. The van der Waals surface area contributed by atoms with Gasteiger partial charge in [0.25, 0.3) is 5.91 Å². The molecule has 10 heteroatoms. The van der Waals surface area contributed by atoms with Gasteiger partial charge in [-0.25, -0.2) is 15.0 Å². The van der Waals surface area contributed by atoms with E-state index in [2.05, 4.69) is 20.3 Å². The fourth-order valence-corrected chi connectivity index (χ4v) is 3.68. The molecule has 2 aliphatic heterocycles. The Morgan fingerprint density at radius 2 is 1.87 bits per heavy atom. The van der Waals surface area contributed by atoms with E-state index in [-0.39, 0.29) is 23.3 Å². The van der Waals surface area contributed by atoms with Gasteiger partial charge < -0.3 is 25.6 Å². The Kier molecular flexibility index (Phi) is 6.03. The number of rotatable bonds is 4. The van der Waals surface area contributed by atoms with Crippen LogP contribution in [0.15, 0.2) is 30.6 Å². The van der Waals surface area contributed by atoms with Gasteiger partial charge in [-0.1, -0.05) is 6.07 Å². The average Bonchev–Trinajstić information content (AvgIpc) is 2.80. The highest BCUT2D eigenvalue weighted by molar-refractivity contribution is 6.05. The van der Waals surface area contributed by atoms with E-state index in [1.807, 2.05) is 9.80 Å². The molecule has 0 spiro atoms. The summed E-state index contributed by atoms with van der Waals surface area (Å²) in [6.45, 7) is 3.76. The van der Waals surface area contributed by atoms with Gasteiger partial charge in [0.15, 0.2) is 11.5 Å². The molecule has 30 heavy (non-hydrogen) atoms. The van der Waals surface area contributed by atoms with Gasteiger partial charge >= 0.3 is 0 Å². The van der Waals surface area contributed by atoms with Crippen molar-refractivity contribution in [3.8, 4) is 0 Å². The third-order valence-electron chi connectivity index (χ3n) is 5.40. The molecule has 2 amide bonds. The number of nitrogens with two attached hydrogens (primary N) is 1. The molecule has 0 aliphatic carbocycles. The smallest absolute Gasteiger partial charge is 0.279 e. The van der Waals surface area contributed by atoms with Crippen LogP contribution in [0, 0.1) is 5.92 Å². The quantitative estimate of drug-likeness (QED) is 0.756. The molecule has 4 heterocycles. The van der Waals surface area contributed by atoms with Crippen LogP contribution >= 0.6 is 0 Å². The molecule has 0 bridgehead atoms. The highest BCUT2D eigenvalue weighted by atomic mass is 16.5. The fraction of sp³-hybridized carbons (Fsp3) is 0.450. The molecule has 0 atom stereocenters. The number of pyridine rings is 1. The second-order valence-corrected chi connectivity index (χ2v) is 7.33. The molecule has 4 rings (SSSR count). The van der Waals surface area contributed by atoms with E-state index < -0.39 is 5.91 Å². The summed E-state index contributed by atoms with van der Waals surface area (Å²) in [5, 5.41) is 2.67. The van der Waals surface area contributed by atoms with Gasteiger partial charge in [0.2, 0.25) is 5.91 Å². The third kappa shape index (κ3) is 4.48. The van der Waals surface area contributed by atoms with Crippen LogP contribution < -0.4 is 16.0 Å². The molecule has 3 N–H and O–H groups in total. The summed E-state index contributed by atoms with van der Waals surface area (Å²) in [6, 6.07) is 5.21. The lowest BCUT2D eigenvalue weighted by Gasteiger charge is -2.37. The summed E-state index contributed by atoms with van der Waals surface area (Å²) in [7, 11) is 0. The molecule has 2 aromatic rings. The van der Waals surface area contributed by atoms with Crippen molar-refractivity contribution in [2.45, 2.75) is 12.8 Å². The zero-order valence-electron chi connectivity index (χ0n) is 16.7. The van der Waals surface area contributed by atoms with Crippen LogP contribution in [0.2, 0.25) is 0 Å². The van der Waals surface area contributed by atoms with Crippen molar-refractivity contribution in [2.24, 2.45) is 5.92 Å². The molecule has 0 saturated carbocycles. The predicted octanol–water partition coefficient (Wildman–Crippen LogP) is 0.781. The van der Waals surface area contributed by atoms with Crippen molar-refractivity contribution in [3.63, 3.8) is 0 Å². The largest absolute Gasteiger partial charge is 0.382 e. The summed E-state index contributed by atoms with van der Waals surface area (Å²) in [6.07, 6.45) is 4.72. The maximum absolute atomic E-state index is 12.7. The molecule has 0 unspecified atom stereocenters. The van der Waals surface area contributed by atoms with E-state index in [1.54, 1.807) is 30.6 Å². The zero-order valence-corrected chi connectivity index (χ0v) is 16.7. The van der Waals surface area contributed by atoms with E-state index in [1.165, 1.54) is 0 Å². The highest BCUT2D eigenvalue weighted by Crippen LogP contribution is 2.21. The van der Waals surface area contributed by atoms with Gasteiger partial charge in [0, 0.05) is 51.5 Å². The number of hydrogen-bond acceptors (Lipinski definition) is 8. The summed E-state index contributed by atoms with van der Waals surface area (Å²) >= 11 is 0. The molecule has 2 aliphatic rings. The third-order valence-corrected chi connectivity index (χ3v) is 5.40. The molecule has 2 aromatic heterocycles. The lowest BCUT2D eigenvalue weighted by Crippen LogP contribution is -2.51. The SMILES string of the molecule is Nc1ncc(N2CCN(C(=O)C3CCOCC3)CC2)nc1C(=O)Nc1ccccn1.